The average Bonchev–Trinajstić information content (AvgIpc) is 2.84. The van der Waals surface area contributed by atoms with Gasteiger partial charge in [-0.05, 0) is 47.4 Å². The van der Waals surface area contributed by atoms with Gasteiger partial charge in [-0.1, -0.05) is 45.0 Å². The summed E-state index contributed by atoms with van der Waals surface area (Å²) in [5, 5.41) is 0. The van der Waals surface area contributed by atoms with E-state index in [0.717, 1.165) is 24.5 Å². The minimum absolute atomic E-state index is 0.0657. The Morgan fingerprint density at radius 3 is 2.27 bits per heavy atom. The Kier molecular flexibility index (Phi) is 6.54. The lowest BCUT2D eigenvalue weighted by Gasteiger charge is -2.36. The molecule has 2 aromatic carbocycles. The summed E-state index contributed by atoms with van der Waals surface area (Å²) >= 11 is 0. The van der Waals surface area contributed by atoms with E-state index < -0.39 is 0 Å². The van der Waals surface area contributed by atoms with Gasteiger partial charge in [-0.25, -0.2) is 4.98 Å². The monoisotopic (exact) mass is 445 g/mol. The van der Waals surface area contributed by atoms with Crippen LogP contribution >= 0.6 is 0 Å². The lowest BCUT2D eigenvalue weighted by molar-refractivity contribution is 0.0743. The summed E-state index contributed by atoms with van der Waals surface area (Å²) in [6, 6.07) is 19.5. The smallest absolute Gasteiger partial charge is 0.259 e. The van der Waals surface area contributed by atoms with Crippen molar-refractivity contribution >= 4 is 11.6 Å². The molecule has 1 saturated heterocycles. The molecule has 0 spiro atoms. The molecule has 1 aliphatic rings. The maximum absolute atomic E-state index is 13.3. The van der Waals surface area contributed by atoms with Gasteiger partial charge in [-0.2, -0.15) is 0 Å². The third kappa shape index (κ3) is 5.11. The predicted molar refractivity (Wildman–Crippen MR) is 131 cm³/mol. The van der Waals surface area contributed by atoms with Crippen molar-refractivity contribution in [2.45, 2.75) is 26.2 Å². The summed E-state index contributed by atoms with van der Waals surface area (Å²) in [4.78, 5) is 21.8. The zero-order valence-electron chi connectivity index (χ0n) is 19.7. The van der Waals surface area contributed by atoms with Crippen LogP contribution in [0.4, 0.5) is 5.69 Å². The minimum atomic E-state index is -0.0657. The van der Waals surface area contributed by atoms with Crippen molar-refractivity contribution in [2.24, 2.45) is 0 Å². The zero-order chi connectivity index (χ0) is 23.4. The van der Waals surface area contributed by atoms with Crippen molar-refractivity contribution in [2.75, 3.05) is 38.2 Å². The molecule has 172 valence electrons. The van der Waals surface area contributed by atoms with Crippen molar-refractivity contribution in [3.05, 3.63) is 78.0 Å². The first-order chi connectivity index (χ1) is 15.9. The number of ether oxygens (including phenoxy) is 2. The number of pyridine rings is 1. The number of hydrogen-bond donors (Lipinski definition) is 0. The molecule has 2 heterocycles. The molecule has 3 aromatic rings. The van der Waals surface area contributed by atoms with Crippen LogP contribution in [-0.4, -0.2) is 49.1 Å². The summed E-state index contributed by atoms with van der Waals surface area (Å²) in [5.74, 6) is 1.77. The highest BCUT2D eigenvalue weighted by atomic mass is 16.5. The second-order valence-electron chi connectivity index (χ2n) is 9.18. The van der Waals surface area contributed by atoms with Crippen LogP contribution in [0.5, 0.6) is 17.4 Å². The molecular formula is C27H31N3O3. The van der Waals surface area contributed by atoms with E-state index in [2.05, 4.69) is 42.8 Å². The first-order valence-electron chi connectivity index (χ1n) is 11.3. The van der Waals surface area contributed by atoms with Gasteiger partial charge in [0.25, 0.3) is 5.91 Å². The number of para-hydroxylation sites is 2. The number of anilines is 1. The molecule has 0 radical (unpaired) electrons. The Labute approximate surface area is 195 Å². The van der Waals surface area contributed by atoms with E-state index in [1.165, 1.54) is 5.56 Å². The largest absolute Gasteiger partial charge is 0.495 e. The molecule has 0 saturated carbocycles. The molecule has 0 unspecified atom stereocenters. The second-order valence-corrected chi connectivity index (χ2v) is 9.18. The summed E-state index contributed by atoms with van der Waals surface area (Å²) in [6.07, 6.45) is 1.65. The van der Waals surface area contributed by atoms with Gasteiger partial charge in [0.1, 0.15) is 17.1 Å². The summed E-state index contributed by atoms with van der Waals surface area (Å²) in [6.45, 7) is 9.22. The molecule has 6 heteroatoms. The van der Waals surface area contributed by atoms with Gasteiger partial charge in [0, 0.05) is 32.4 Å². The van der Waals surface area contributed by atoms with Crippen molar-refractivity contribution < 1.29 is 14.3 Å². The van der Waals surface area contributed by atoms with Crippen LogP contribution in [0.25, 0.3) is 0 Å². The van der Waals surface area contributed by atoms with Crippen LogP contribution < -0.4 is 14.4 Å². The van der Waals surface area contributed by atoms with Crippen LogP contribution in [0.15, 0.2) is 66.9 Å². The highest BCUT2D eigenvalue weighted by Gasteiger charge is 2.26. The van der Waals surface area contributed by atoms with Gasteiger partial charge in [-0.15, -0.1) is 0 Å². The summed E-state index contributed by atoms with van der Waals surface area (Å²) in [5.41, 5.74) is 2.82. The van der Waals surface area contributed by atoms with Crippen LogP contribution in [0.1, 0.15) is 36.7 Å². The van der Waals surface area contributed by atoms with Gasteiger partial charge in [-0.3, -0.25) is 4.79 Å². The third-order valence-electron chi connectivity index (χ3n) is 5.93. The predicted octanol–water partition coefficient (Wildman–Crippen LogP) is 5.14. The maximum Gasteiger partial charge on any atom is 0.259 e. The van der Waals surface area contributed by atoms with E-state index in [1.807, 2.05) is 41.3 Å². The topological polar surface area (TPSA) is 54.9 Å². The number of carbonyl (C=O) groups is 1. The number of benzene rings is 2. The number of piperazine rings is 1. The fourth-order valence-electron chi connectivity index (χ4n) is 3.98. The molecule has 0 bridgehead atoms. The van der Waals surface area contributed by atoms with Crippen LogP contribution in [0, 0.1) is 0 Å². The second kappa shape index (κ2) is 9.53. The van der Waals surface area contributed by atoms with E-state index in [1.54, 1.807) is 25.4 Å². The standard InChI is InChI=1S/C27H31N3O3/c1-27(2,3)20-11-13-21(14-12-20)33-25-22(8-7-15-28-25)26(31)30-18-16-29(17-19-30)23-9-5-6-10-24(23)32-4/h5-15H,16-19H2,1-4H3. The first-order valence-corrected chi connectivity index (χ1v) is 11.3. The van der Waals surface area contributed by atoms with E-state index in [4.69, 9.17) is 9.47 Å². The van der Waals surface area contributed by atoms with Gasteiger partial charge >= 0.3 is 0 Å². The van der Waals surface area contributed by atoms with Crippen molar-refractivity contribution in [1.29, 1.82) is 0 Å². The number of aromatic nitrogens is 1. The molecule has 1 fully saturated rings. The minimum Gasteiger partial charge on any atom is -0.495 e. The summed E-state index contributed by atoms with van der Waals surface area (Å²) in [7, 11) is 1.68. The SMILES string of the molecule is COc1ccccc1N1CCN(C(=O)c2cccnc2Oc2ccc(C(C)(C)C)cc2)CC1. The molecule has 1 amide bonds. The van der Waals surface area contributed by atoms with E-state index >= 15 is 0 Å². The third-order valence-corrected chi connectivity index (χ3v) is 5.93. The zero-order valence-corrected chi connectivity index (χ0v) is 19.7. The molecule has 0 atom stereocenters. The van der Waals surface area contributed by atoms with Gasteiger partial charge in [0.15, 0.2) is 0 Å². The molecule has 1 aliphatic heterocycles. The number of amides is 1. The first kappa shape index (κ1) is 22.6. The highest BCUT2D eigenvalue weighted by Crippen LogP contribution is 2.30. The molecular weight excluding hydrogens is 414 g/mol. The Balaban J connectivity index is 1.45. The van der Waals surface area contributed by atoms with Gasteiger partial charge < -0.3 is 19.3 Å². The molecule has 33 heavy (non-hydrogen) atoms. The van der Waals surface area contributed by atoms with Gasteiger partial charge in [0.05, 0.1) is 12.8 Å². The number of nitrogens with zero attached hydrogens (tertiary/aromatic N) is 3. The number of methoxy groups -OCH3 is 1. The Morgan fingerprint density at radius 1 is 0.909 bits per heavy atom. The lowest BCUT2D eigenvalue weighted by Crippen LogP contribution is -2.49. The molecule has 1 aromatic heterocycles. The van der Waals surface area contributed by atoms with Crippen LogP contribution in [0.3, 0.4) is 0 Å². The number of rotatable bonds is 5. The molecule has 6 nitrogen and oxygen atoms in total. The fourth-order valence-corrected chi connectivity index (χ4v) is 3.98. The van der Waals surface area contributed by atoms with Crippen molar-refractivity contribution in [3.63, 3.8) is 0 Å². The lowest BCUT2D eigenvalue weighted by atomic mass is 9.87. The highest BCUT2D eigenvalue weighted by molar-refractivity contribution is 5.96. The van der Waals surface area contributed by atoms with Crippen molar-refractivity contribution in [1.82, 2.24) is 9.88 Å². The summed E-state index contributed by atoms with van der Waals surface area (Å²) < 4.78 is 11.5. The molecule has 4 rings (SSSR count). The Morgan fingerprint density at radius 2 is 1.61 bits per heavy atom. The number of carbonyl (C=O) groups excluding carboxylic acids is 1. The molecule has 0 aliphatic carbocycles. The Bertz CT molecular complexity index is 1100. The van der Waals surface area contributed by atoms with E-state index in [0.29, 0.717) is 30.3 Å². The maximum atomic E-state index is 13.3. The quantitative estimate of drug-likeness (QED) is 0.544. The van der Waals surface area contributed by atoms with Crippen LogP contribution in [-0.2, 0) is 5.41 Å². The van der Waals surface area contributed by atoms with Gasteiger partial charge in [0.2, 0.25) is 5.88 Å². The fraction of sp³-hybridized carbons (Fsp3) is 0.333. The Hall–Kier alpha value is -3.54. The normalized spacial score (nSPS) is 14.2. The van der Waals surface area contributed by atoms with E-state index in [9.17, 15) is 4.79 Å². The van der Waals surface area contributed by atoms with E-state index in [-0.39, 0.29) is 11.3 Å². The molecule has 0 N–H and O–H groups in total. The average molecular weight is 446 g/mol. The number of hydrogen-bond acceptors (Lipinski definition) is 5. The van der Waals surface area contributed by atoms with Crippen LogP contribution in [0.2, 0.25) is 0 Å². The van der Waals surface area contributed by atoms with Crippen molar-refractivity contribution in [3.8, 4) is 17.4 Å².